The molecule has 0 bridgehead atoms. The molecule has 0 fully saturated rings. The number of benzene rings is 1. The monoisotopic (exact) mass is 216 g/mol. The standard InChI is InChI=1S/C11H12N4O/c1-15(7-10-12-8-13-14-10)11(16)9-5-3-2-4-6-9/h2-6,8H,7H2,1H3,(H,12,13,14). The molecule has 0 aliphatic rings. The second kappa shape index (κ2) is 4.57. The molecule has 1 aromatic carbocycles. The lowest BCUT2D eigenvalue weighted by Crippen LogP contribution is -2.26. The van der Waals surface area contributed by atoms with Crippen LogP contribution in [0.15, 0.2) is 36.7 Å². The molecule has 0 radical (unpaired) electrons. The maximum atomic E-state index is 11.9. The highest BCUT2D eigenvalue weighted by molar-refractivity contribution is 5.93. The number of aromatic amines is 1. The molecule has 0 atom stereocenters. The third-order valence-corrected chi connectivity index (χ3v) is 2.22. The third kappa shape index (κ3) is 2.25. The Morgan fingerprint density at radius 1 is 1.38 bits per heavy atom. The predicted molar refractivity (Wildman–Crippen MR) is 58.6 cm³/mol. The van der Waals surface area contributed by atoms with E-state index in [1.165, 1.54) is 6.33 Å². The minimum Gasteiger partial charge on any atom is -0.334 e. The molecule has 0 aliphatic heterocycles. The summed E-state index contributed by atoms with van der Waals surface area (Å²) < 4.78 is 0. The van der Waals surface area contributed by atoms with Crippen LogP contribution < -0.4 is 0 Å². The molecular weight excluding hydrogens is 204 g/mol. The van der Waals surface area contributed by atoms with Crippen LogP contribution in [0.3, 0.4) is 0 Å². The SMILES string of the molecule is CN(Cc1ncn[nH]1)C(=O)c1ccccc1. The Labute approximate surface area is 93.1 Å². The van der Waals surface area contributed by atoms with Crippen molar-refractivity contribution in [2.24, 2.45) is 0 Å². The van der Waals surface area contributed by atoms with Crippen molar-refractivity contribution in [2.45, 2.75) is 6.54 Å². The van der Waals surface area contributed by atoms with Gasteiger partial charge in [-0.15, -0.1) is 0 Å². The topological polar surface area (TPSA) is 61.9 Å². The van der Waals surface area contributed by atoms with E-state index < -0.39 is 0 Å². The van der Waals surface area contributed by atoms with Crippen LogP contribution in [0, 0.1) is 0 Å². The summed E-state index contributed by atoms with van der Waals surface area (Å²) in [4.78, 5) is 17.5. The van der Waals surface area contributed by atoms with Crippen molar-refractivity contribution in [3.8, 4) is 0 Å². The number of nitrogens with one attached hydrogen (secondary N) is 1. The Balaban J connectivity index is 2.05. The Kier molecular flexibility index (Phi) is 2.95. The molecule has 82 valence electrons. The van der Waals surface area contributed by atoms with Gasteiger partial charge in [-0.1, -0.05) is 18.2 Å². The number of hydrogen-bond donors (Lipinski definition) is 1. The molecule has 1 amide bonds. The lowest BCUT2D eigenvalue weighted by Gasteiger charge is -2.15. The number of nitrogens with zero attached hydrogens (tertiary/aromatic N) is 3. The molecule has 2 aromatic rings. The molecule has 2 rings (SSSR count). The highest BCUT2D eigenvalue weighted by atomic mass is 16.2. The maximum Gasteiger partial charge on any atom is 0.254 e. The Bertz CT molecular complexity index is 452. The van der Waals surface area contributed by atoms with E-state index in [-0.39, 0.29) is 5.91 Å². The van der Waals surface area contributed by atoms with Gasteiger partial charge < -0.3 is 4.90 Å². The Hall–Kier alpha value is -2.17. The number of hydrogen-bond acceptors (Lipinski definition) is 3. The van der Waals surface area contributed by atoms with E-state index in [1.807, 2.05) is 18.2 Å². The first-order valence-corrected chi connectivity index (χ1v) is 4.92. The molecule has 0 unspecified atom stereocenters. The fourth-order valence-corrected chi connectivity index (χ4v) is 1.40. The molecule has 1 heterocycles. The number of carbonyl (C=O) groups excluding carboxylic acids is 1. The molecular formula is C11H12N4O. The molecule has 16 heavy (non-hydrogen) atoms. The average Bonchev–Trinajstić information content (AvgIpc) is 2.82. The molecule has 0 saturated heterocycles. The largest absolute Gasteiger partial charge is 0.334 e. The summed E-state index contributed by atoms with van der Waals surface area (Å²) in [6.45, 7) is 0.424. The average molecular weight is 216 g/mol. The second-order valence-corrected chi connectivity index (χ2v) is 3.46. The highest BCUT2D eigenvalue weighted by Gasteiger charge is 2.12. The third-order valence-electron chi connectivity index (χ3n) is 2.22. The molecule has 0 aliphatic carbocycles. The van der Waals surface area contributed by atoms with Gasteiger partial charge in [0.25, 0.3) is 5.91 Å². The van der Waals surface area contributed by atoms with Crippen molar-refractivity contribution >= 4 is 5.91 Å². The first kappa shape index (κ1) is 10.4. The van der Waals surface area contributed by atoms with Crippen molar-refractivity contribution in [3.63, 3.8) is 0 Å². The van der Waals surface area contributed by atoms with E-state index in [4.69, 9.17) is 0 Å². The van der Waals surface area contributed by atoms with Gasteiger partial charge in [0.05, 0.1) is 6.54 Å². The number of rotatable bonds is 3. The van der Waals surface area contributed by atoms with E-state index in [2.05, 4.69) is 15.2 Å². The Morgan fingerprint density at radius 2 is 2.12 bits per heavy atom. The van der Waals surface area contributed by atoms with E-state index >= 15 is 0 Å². The van der Waals surface area contributed by atoms with Crippen molar-refractivity contribution in [3.05, 3.63) is 48.0 Å². The minimum atomic E-state index is -0.0306. The lowest BCUT2D eigenvalue weighted by molar-refractivity contribution is 0.0781. The summed E-state index contributed by atoms with van der Waals surface area (Å²) in [5.41, 5.74) is 0.671. The zero-order chi connectivity index (χ0) is 11.4. The van der Waals surface area contributed by atoms with Gasteiger partial charge in [-0.2, -0.15) is 5.10 Å². The van der Waals surface area contributed by atoms with Crippen LogP contribution in [-0.4, -0.2) is 33.0 Å². The summed E-state index contributed by atoms with van der Waals surface area (Å²) in [6.07, 6.45) is 1.43. The molecule has 5 heteroatoms. The fraction of sp³-hybridized carbons (Fsp3) is 0.182. The van der Waals surface area contributed by atoms with Gasteiger partial charge >= 0.3 is 0 Å². The van der Waals surface area contributed by atoms with E-state index in [9.17, 15) is 4.79 Å². The zero-order valence-corrected chi connectivity index (χ0v) is 8.92. The first-order valence-electron chi connectivity index (χ1n) is 4.92. The molecule has 0 spiro atoms. The maximum absolute atomic E-state index is 11.9. The van der Waals surface area contributed by atoms with Crippen LogP contribution >= 0.6 is 0 Å². The van der Waals surface area contributed by atoms with Crippen LogP contribution in [0.5, 0.6) is 0 Å². The summed E-state index contributed by atoms with van der Waals surface area (Å²) in [6, 6.07) is 9.15. The van der Waals surface area contributed by atoms with Crippen LogP contribution in [0.1, 0.15) is 16.2 Å². The van der Waals surface area contributed by atoms with Crippen molar-refractivity contribution in [1.29, 1.82) is 0 Å². The Morgan fingerprint density at radius 3 is 2.75 bits per heavy atom. The van der Waals surface area contributed by atoms with E-state index in [1.54, 1.807) is 24.1 Å². The summed E-state index contributed by atoms with van der Waals surface area (Å²) >= 11 is 0. The number of carbonyl (C=O) groups is 1. The van der Waals surface area contributed by atoms with Crippen molar-refractivity contribution < 1.29 is 4.79 Å². The van der Waals surface area contributed by atoms with E-state index in [0.717, 1.165) is 0 Å². The second-order valence-electron chi connectivity index (χ2n) is 3.46. The summed E-state index contributed by atoms with van der Waals surface area (Å²) in [5, 5.41) is 6.45. The molecule has 1 N–H and O–H groups in total. The number of H-pyrrole nitrogens is 1. The smallest absolute Gasteiger partial charge is 0.254 e. The number of amides is 1. The summed E-state index contributed by atoms with van der Waals surface area (Å²) in [5.74, 6) is 0.642. The van der Waals surface area contributed by atoms with Crippen molar-refractivity contribution in [1.82, 2.24) is 20.1 Å². The zero-order valence-electron chi connectivity index (χ0n) is 8.92. The highest BCUT2D eigenvalue weighted by Crippen LogP contribution is 2.04. The van der Waals surface area contributed by atoms with Gasteiger partial charge in [-0.3, -0.25) is 9.89 Å². The van der Waals surface area contributed by atoms with Crippen LogP contribution in [0.25, 0.3) is 0 Å². The quantitative estimate of drug-likeness (QED) is 0.835. The van der Waals surface area contributed by atoms with Crippen LogP contribution in [0.2, 0.25) is 0 Å². The molecule has 5 nitrogen and oxygen atoms in total. The van der Waals surface area contributed by atoms with Gasteiger partial charge in [0.15, 0.2) is 0 Å². The molecule has 1 aromatic heterocycles. The minimum absolute atomic E-state index is 0.0306. The molecule has 0 saturated carbocycles. The fourth-order valence-electron chi connectivity index (χ4n) is 1.40. The van der Waals surface area contributed by atoms with Crippen LogP contribution in [0.4, 0.5) is 0 Å². The lowest BCUT2D eigenvalue weighted by atomic mass is 10.2. The van der Waals surface area contributed by atoms with Gasteiger partial charge in [0, 0.05) is 12.6 Å². The first-order chi connectivity index (χ1) is 7.77. The van der Waals surface area contributed by atoms with E-state index in [0.29, 0.717) is 17.9 Å². The van der Waals surface area contributed by atoms with Crippen molar-refractivity contribution in [2.75, 3.05) is 7.05 Å². The predicted octanol–water partition coefficient (Wildman–Crippen LogP) is 1.08. The van der Waals surface area contributed by atoms with Gasteiger partial charge in [0.1, 0.15) is 12.2 Å². The van der Waals surface area contributed by atoms with Gasteiger partial charge in [0.2, 0.25) is 0 Å². The normalized spacial score (nSPS) is 10.1. The summed E-state index contributed by atoms with van der Waals surface area (Å²) in [7, 11) is 1.73. The van der Waals surface area contributed by atoms with Crippen LogP contribution in [-0.2, 0) is 6.54 Å². The van der Waals surface area contributed by atoms with Gasteiger partial charge in [-0.05, 0) is 12.1 Å². The number of aromatic nitrogens is 3. The van der Waals surface area contributed by atoms with Gasteiger partial charge in [-0.25, -0.2) is 4.98 Å².